The van der Waals surface area contributed by atoms with Crippen LogP contribution in [0.5, 0.6) is 0 Å². The van der Waals surface area contributed by atoms with Gasteiger partial charge in [-0.25, -0.2) is 4.98 Å². The summed E-state index contributed by atoms with van der Waals surface area (Å²) in [5, 5.41) is 0. The number of nitrogens with zero attached hydrogens (tertiary/aromatic N) is 2. The summed E-state index contributed by atoms with van der Waals surface area (Å²) in [6.07, 6.45) is 3.35. The second-order valence-electron chi connectivity index (χ2n) is 6.81. The lowest BCUT2D eigenvalue weighted by atomic mass is 10.0. The molecule has 1 atom stereocenters. The van der Waals surface area contributed by atoms with Crippen LogP contribution in [0.25, 0.3) is 11.3 Å². The van der Waals surface area contributed by atoms with Crippen LogP contribution in [0, 0.1) is 11.8 Å². The molecule has 0 bridgehead atoms. The standard InChI is InChI=1S/C18H25N3/c1-12(2)10-14-4-6-15(7-5-14)17-18(19)21-9-8-13(3)11-16(21)20-17/h4-7,12-13H,8-11,19H2,1-3H3. The first kappa shape index (κ1) is 14.2. The van der Waals surface area contributed by atoms with E-state index in [1.54, 1.807) is 0 Å². The zero-order chi connectivity index (χ0) is 15.0. The van der Waals surface area contributed by atoms with Crippen LogP contribution in [0.1, 0.15) is 38.6 Å². The molecular weight excluding hydrogens is 258 g/mol. The molecule has 3 heteroatoms. The lowest BCUT2D eigenvalue weighted by Crippen LogP contribution is -2.18. The minimum atomic E-state index is 0.683. The Labute approximate surface area is 127 Å². The van der Waals surface area contributed by atoms with Gasteiger partial charge in [0.1, 0.15) is 17.3 Å². The molecule has 2 aromatic rings. The average Bonchev–Trinajstić information content (AvgIpc) is 2.75. The Kier molecular flexibility index (Phi) is 3.75. The molecule has 0 fully saturated rings. The highest BCUT2D eigenvalue weighted by Crippen LogP contribution is 2.31. The second-order valence-corrected chi connectivity index (χ2v) is 6.81. The molecule has 112 valence electrons. The van der Waals surface area contributed by atoms with Crippen LogP contribution in [0.4, 0.5) is 5.82 Å². The highest BCUT2D eigenvalue weighted by molar-refractivity contribution is 5.71. The molecule has 2 N–H and O–H groups in total. The first-order chi connectivity index (χ1) is 10.0. The third-order valence-corrected chi connectivity index (χ3v) is 4.33. The maximum atomic E-state index is 6.32. The number of anilines is 1. The number of hydrogen-bond donors (Lipinski definition) is 1. The van der Waals surface area contributed by atoms with Crippen LogP contribution in [-0.2, 0) is 19.4 Å². The summed E-state index contributed by atoms with van der Waals surface area (Å²) in [7, 11) is 0. The fourth-order valence-electron chi connectivity index (χ4n) is 3.16. The Balaban J connectivity index is 1.90. The van der Waals surface area contributed by atoms with Crippen molar-refractivity contribution in [1.82, 2.24) is 9.55 Å². The summed E-state index contributed by atoms with van der Waals surface area (Å²) in [6.45, 7) is 7.78. The monoisotopic (exact) mass is 283 g/mol. The number of fused-ring (bicyclic) bond motifs is 1. The van der Waals surface area contributed by atoms with Crippen LogP contribution >= 0.6 is 0 Å². The molecule has 1 aliphatic heterocycles. The molecule has 0 saturated carbocycles. The van der Waals surface area contributed by atoms with E-state index in [1.165, 1.54) is 12.0 Å². The summed E-state index contributed by atoms with van der Waals surface area (Å²) >= 11 is 0. The lowest BCUT2D eigenvalue weighted by molar-refractivity contribution is 0.412. The number of nitrogens with two attached hydrogens (primary N) is 1. The summed E-state index contributed by atoms with van der Waals surface area (Å²) in [5.74, 6) is 3.36. The van der Waals surface area contributed by atoms with Crippen LogP contribution in [-0.4, -0.2) is 9.55 Å². The highest BCUT2D eigenvalue weighted by Gasteiger charge is 2.22. The van der Waals surface area contributed by atoms with Crippen molar-refractivity contribution < 1.29 is 0 Å². The SMILES string of the molecule is CC(C)Cc1ccc(-c2nc3n(c2N)CCC(C)C3)cc1. The van der Waals surface area contributed by atoms with Gasteiger partial charge in [0.25, 0.3) is 0 Å². The normalized spacial score (nSPS) is 18.0. The molecule has 1 aromatic carbocycles. The molecule has 0 spiro atoms. The van der Waals surface area contributed by atoms with E-state index in [0.29, 0.717) is 11.8 Å². The highest BCUT2D eigenvalue weighted by atomic mass is 15.1. The van der Waals surface area contributed by atoms with Gasteiger partial charge in [0.15, 0.2) is 0 Å². The topological polar surface area (TPSA) is 43.8 Å². The first-order valence-corrected chi connectivity index (χ1v) is 7.98. The molecular formula is C18H25N3. The fourth-order valence-corrected chi connectivity index (χ4v) is 3.16. The lowest BCUT2D eigenvalue weighted by Gasteiger charge is -2.20. The first-order valence-electron chi connectivity index (χ1n) is 7.98. The predicted molar refractivity (Wildman–Crippen MR) is 88.1 cm³/mol. The van der Waals surface area contributed by atoms with Gasteiger partial charge in [0, 0.05) is 18.5 Å². The third-order valence-electron chi connectivity index (χ3n) is 4.33. The molecule has 2 heterocycles. The molecule has 0 aliphatic carbocycles. The van der Waals surface area contributed by atoms with Gasteiger partial charge in [-0.2, -0.15) is 0 Å². The molecule has 0 saturated heterocycles. The quantitative estimate of drug-likeness (QED) is 0.928. The van der Waals surface area contributed by atoms with Crippen LogP contribution in [0.3, 0.4) is 0 Å². The number of imidazole rings is 1. The van der Waals surface area contributed by atoms with E-state index < -0.39 is 0 Å². The van der Waals surface area contributed by atoms with Crippen molar-refractivity contribution in [3.05, 3.63) is 35.7 Å². The maximum absolute atomic E-state index is 6.32. The van der Waals surface area contributed by atoms with E-state index >= 15 is 0 Å². The number of rotatable bonds is 3. The predicted octanol–water partition coefficient (Wildman–Crippen LogP) is 3.91. The molecule has 3 rings (SSSR count). The molecule has 1 aromatic heterocycles. The van der Waals surface area contributed by atoms with Crippen LogP contribution in [0.15, 0.2) is 24.3 Å². The Morgan fingerprint density at radius 1 is 1.29 bits per heavy atom. The second kappa shape index (κ2) is 5.55. The van der Waals surface area contributed by atoms with Gasteiger partial charge in [0.05, 0.1) is 0 Å². The van der Waals surface area contributed by atoms with Gasteiger partial charge in [-0.15, -0.1) is 0 Å². The smallest absolute Gasteiger partial charge is 0.131 e. The fraction of sp³-hybridized carbons (Fsp3) is 0.500. The minimum absolute atomic E-state index is 0.683. The average molecular weight is 283 g/mol. The van der Waals surface area contributed by atoms with E-state index in [0.717, 1.165) is 42.3 Å². The molecule has 1 unspecified atom stereocenters. The van der Waals surface area contributed by atoms with Gasteiger partial charge in [-0.05, 0) is 30.2 Å². The Bertz CT molecular complexity index is 623. The van der Waals surface area contributed by atoms with Gasteiger partial charge < -0.3 is 10.3 Å². The van der Waals surface area contributed by atoms with Gasteiger partial charge in [-0.3, -0.25) is 0 Å². The van der Waals surface area contributed by atoms with Crippen molar-refractivity contribution in [2.75, 3.05) is 5.73 Å². The van der Waals surface area contributed by atoms with Crippen molar-refractivity contribution in [2.45, 2.75) is 46.6 Å². The molecule has 0 radical (unpaired) electrons. The number of nitrogen functional groups attached to an aromatic ring is 1. The van der Waals surface area contributed by atoms with Crippen LogP contribution < -0.4 is 5.73 Å². The molecule has 1 aliphatic rings. The van der Waals surface area contributed by atoms with Gasteiger partial charge in [-0.1, -0.05) is 45.0 Å². The molecule has 3 nitrogen and oxygen atoms in total. The summed E-state index contributed by atoms with van der Waals surface area (Å²) in [4.78, 5) is 4.80. The summed E-state index contributed by atoms with van der Waals surface area (Å²) < 4.78 is 2.19. The van der Waals surface area contributed by atoms with Crippen molar-refractivity contribution >= 4 is 5.82 Å². The largest absolute Gasteiger partial charge is 0.383 e. The number of benzene rings is 1. The Morgan fingerprint density at radius 2 is 2.00 bits per heavy atom. The van der Waals surface area contributed by atoms with Gasteiger partial charge >= 0.3 is 0 Å². The zero-order valence-corrected chi connectivity index (χ0v) is 13.3. The Morgan fingerprint density at radius 3 is 2.67 bits per heavy atom. The maximum Gasteiger partial charge on any atom is 0.131 e. The van der Waals surface area contributed by atoms with E-state index in [4.69, 9.17) is 10.7 Å². The van der Waals surface area contributed by atoms with E-state index in [9.17, 15) is 0 Å². The number of aromatic nitrogens is 2. The van der Waals surface area contributed by atoms with E-state index in [2.05, 4.69) is 49.6 Å². The van der Waals surface area contributed by atoms with Crippen LogP contribution in [0.2, 0.25) is 0 Å². The van der Waals surface area contributed by atoms with Crippen molar-refractivity contribution in [3.63, 3.8) is 0 Å². The van der Waals surface area contributed by atoms with E-state index in [-0.39, 0.29) is 0 Å². The molecule has 21 heavy (non-hydrogen) atoms. The van der Waals surface area contributed by atoms with Crippen molar-refractivity contribution in [1.29, 1.82) is 0 Å². The molecule has 0 amide bonds. The Hall–Kier alpha value is -1.77. The minimum Gasteiger partial charge on any atom is -0.383 e. The van der Waals surface area contributed by atoms with Crippen molar-refractivity contribution in [2.24, 2.45) is 11.8 Å². The van der Waals surface area contributed by atoms with Crippen molar-refractivity contribution in [3.8, 4) is 11.3 Å². The van der Waals surface area contributed by atoms with Gasteiger partial charge in [0.2, 0.25) is 0 Å². The zero-order valence-electron chi connectivity index (χ0n) is 13.3. The third kappa shape index (κ3) is 2.82. The summed E-state index contributed by atoms with van der Waals surface area (Å²) in [5.41, 5.74) is 9.79. The number of hydrogen-bond acceptors (Lipinski definition) is 2. The summed E-state index contributed by atoms with van der Waals surface area (Å²) in [6, 6.07) is 8.73. The van der Waals surface area contributed by atoms with E-state index in [1.807, 2.05) is 0 Å².